The summed E-state index contributed by atoms with van der Waals surface area (Å²) >= 11 is 12.2. The SMILES string of the molecule is Cc1cccc(CNc2nccc(C(=O)Nc3c(Cl)cccc3Cl)n2)c1. The van der Waals surface area contributed by atoms with Crippen molar-refractivity contribution in [2.45, 2.75) is 13.5 Å². The largest absolute Gasteiger partial charge is 0.350 e. The molecule has 2 N–H and O–H groups in total. The normalized spacial score (nSPS) is 10.4. The van der Waals surface area contributed by atoms with Gasteiger partial charge in [0, 0.05) is 12.7 Å². The van der Waals surface area contributed by atoms with E-state index in [0.717, 1.165) is 5.56 Å². The maximum absolute atomic E-state index is 12.4. The summed E-state index contributed by atoms with van der Waals surface area (Å²) in [5.41, 5.74) is 2.85. The minimum absolute atomic E-state index is 0.211. The molecule has 1 aromatic heterocycles. The van der Waals surface area contributed by atoms with E-state index in [-0.39, 0.29) is 5.69 Å². The first kappa shape index (κ1) is 18.2. The highest BCUT2D eigenvalue weighted by atomic mass is 35.5. The third-order valence-electron chi connectivity index (χ3n) is 3.62. The second-order valence-electron chi connectivity index (χ2n) is 5.66. The minimum atomic E-state index is -0.416. The zero-order chi connectivity index (χ0) is 18.5. The third kappa shape index (κ3) is 4.50. The lowest BCUT2D eigenvalue weighted by atomic mass is 10.1. The predicted molar refractivity (Wildman–Crippen MR) is 105 cm³/mol. The number of benzene rings is 2. The van der Waals surface area contributed by atoms with Crippen molar-refractivity contribution >= 4 is 40.7 Å². The Morgan fingerprint density at radius 2 is 1.81 bits per heavy atom. The first-order valence-corrected chi connectivity index (χ1v) is 8.66. The Balaban J connectivity index is 1.71. The van der Waals surface area contributed by atoms with Crippen molar-refractivity contribution in [3.8, 4) is 0 Å². The molecule has 5 nitrogen and oxygen atoms in total. The summed E-state index contributed by atoms with van der Waals surface area (Å²) in [4.78, 5) is 20.8. The van der Waals surface area contributed by atoms with Crippen molar-refractivity contribution in [2.75, 3.05) is 10.6 Å². The fraction of sp³-hybridized carbons (Fsp3) is 0.105. The van der Waals surface area contributed by atoms with E-state index in [1.165, 1.54) is 17.8 Å². The second-order valence-corrected chi connectivity index (χ2v) is 6.47. The van der Waals surface area contributed by atoms with E-state index >= 15 is 0 Å². The Bertz CT molecular complexity index is 926. The summed E-state index contributed by atoms with van der Waals surface area (Å²) < 4.78 is 0. The molecule has 0 aliphatic heterocycles. The average Bonchev–Trinajstić information content (AvgIpc) is 2.63. The molecule has 0 spiro atoms. The summed E-state index contributed by atoms with van der Waals surface area (Å²) in [6.45, 7) is 2.59. The topological polar surface area (TPSA) is 66.9 Å². The molecule has 1 amide bonds. The Hall–Kier alpha value is -2.63. The number of nitrogens with zero attached hydrogens (tertiary/aromatic N) is 2. The number of amides is 1. The van der Waals surface area contributed by atoms with Crippen LogP contribution in [0.5, 0.6) is 0 Å². The molecular weight excluding hydrogens is 371 g/mol. The number of nitrogens with one attached hydrogen (secondary N) is 2. The van der Waals surface area contributed by atoms with E-state index in [4.69, 9.17) is 23.2 Å². The van der Waals surface area contributed by atoms with Gasteiger partial charge in [-0.15, -0.1) is 0 Å². The van der Waals surface area contributed by atoms with Crippen LogP contribution in [-0.2, 0) is 6.54 Å². The molecule has 1 heterocycles. The van der Waals surface area contributed by atoms with Gasteiger partial charge in [0.1, 0.15) is 5.69 Å². The van der Waals surface area contributed by atoms with Crippen LogP contribution in [0.2, 0.25) is 10.0 Å². The second kappa shape index (κ2) is 8.17. The summed E-state index contributed by atoms with van der Waals surface area (Å²) in [6, 6.07) is 14.6. The van der Waals surface area contributed by atoms with Gasteiger partial charge in [-0.05, 0) is 30.7 Å². The Labute approximate surface area is 161 Å². The molecule has 0 bridgehead atoms. The molecule has 26 heavy (non-hydrogen) atoms. The first-order chi connectivity index (χ1) is 12.5. The maximum atomic E-state index is 12.4. The monoisotopic (exact) mass is 386 g/mol. The molecule has 3 rings (SSSR count). The van der Waals surface area contributed by atoms with Gasteiger partial charge in [0.2, 0.25) is 5.95 Å². The van der Waals surface area contributed by atoms with E-state index in [1.54, 1.807) is 18.2 Å². The minimum Gasteiger partial charge on any atom is -0.350 e. The molecule has 0 radical (unpaired) electrons. The summed E-state index contributed by atoms with van der Waals surface area (Å²) in [5, 5.41) is 6.52. The lowest BCUT2D eigenvalue weighted by molar-refractivity contribution is 0.102. The fourth-order valence-corrected chi connectivity index (χ4v) is 2.86. The van der Waals surface area contributed by atoms with Crippen molar-refractivity contribution in [3.05, 3.63) is 81.6 Å². The molecule has 0 unspecified atom stereocenters. The van der Waals surface area contributed by atoms with Gasteiger partial charge >= 0.3 is 0 Å². The maximum Gasteiger partial charge on any atom is 0.274 e. The van der Waals surface area contributed by atoms with Gasteiger partial charge < -0.3 is 10.6 Å². The number of halogens is 2. The number of hydrogen-bond acceptors (Lipinski definition) is 4. The van der Waals surface area contributed by atoms with Crippen molar-refractivity contribution in [1.82, 2.24) is 9.97 Å². The average molecular weight is 387 g/mol. The van der Waals surface area contributed by atoms with Crippen molar-refractivity contribution in [2.24, 2.45) is 0 Å². The van der Waals surface area contributed by atoms with Gasteiger partial charge in [0.05, 0.1) is 15.7 Å². The van der Waals surface area contributed by atoms with Gasteiger partial charge in [0.25, 0.3) is 5.91 Å². The Morgan fingerprint density at radius 1 is 1.08 bits per heavy atom. The van der Waals surface area contributed by atoms with Crippen molar-refractivity contribution in [3.63, 3.8) is 0 Å². The third-order valence-corrected chi connectivity index (χ3v) is 4.25. The van der Waals surface area contributed by atoms with Crippen LogP contribution >= 0.6 is 23.2 Å². The number of rotatable bonds is 5. The van der Waals surface area contributed by atoms with E-state index in [1.807, 2.05) is 25.1 Å². The van der Waals surface area contributed by atoms with E-state index < -0.39 is 5.91 Å². The number of aryl methyl sites for hydroxylation is 1. The molecule has 132 valence electrons. The Kier molecular flexibility index (Phi) is 5.71. The number of hydrogen-bond donors (Lipinski definition) is 2. The van der Waals surface area contributed by atoms with Crippen LogP contribution in [0, 0.1) is 6.92 Å². The molecule has 0 aliphatic rings. The van der Waals surface area contributed by atoms with Gasteiger partial charge in [0.15, 0.2) is 0 Å². The lowest BCUT2D eigenvalue weighted by Gasteiger charge is -2.10. The fourth-order valence-electron chi connectivity index (χ4n) is 2.37. The lowest BCUT2D eigenvalue weighted by Crippen LogP contribution is -2.16. The van der Waals surface area contributed by atoms with Crippen LogP contribution in [0.25, 0.3) is 0 Å². The van der Waals surface area contributed by atoms with E-state index in [2.05, 4.69) is 26.7 Å². The first-order valence-electron chi connectivity index (χ1n) is 7.91. The smallest absolute Gasteiger partial charge is 0.274 e. The Morgan fingerprint density at radius 3 is 2.54 bits per heavy atom. The van der Waals surface area contributed by atoms with Gasteiger partial charge in [-0.25, -0.2) is 9.97 Å². The van der Waals surface area contributed by atoms with Gasteiger partial charge in [-0.2, -0.15) is 0 Å². The summed E-state index contributed by atoms with van der Waals surface area (Å²) in [7, 11) is 0. The summed E-state index contributed by atoms with van der Waals surface area (Å²) in [5.74, 6) is -0.0505. The van der Waals surface area contributed by atoms with E-state index in [9.17, 15) is 4.79 Å². The van der Waals surface area contributed by atoms with Crippen LogP contribution in [0.15, 0.2) is 54.7 Å². The molecule has 0 saturated carbocycles. The number of para-hydroxylation sites is 1. The molecular formula is C19H16Cl2N4O. The molecule has 2 aromatic carbocycles. The molecule has 7 heteroatoms. The highest BCUT2D eigenvalue weighted by Crippen LogP contribution is 2.30. The highest BCUT2D eigenvalue weighted by Gasteiger charge is 2.13. The van der Waals surface area contributed by atoms with Crippen LogP contribution in [-0.4, -0.2) is 15.9 Å². The predicted octanol–water partition coefficient (Wildman–Crippen LogP) is 4.96. The summed E-state index contributed by atoms with van der Waals surface area (Å²) in [6.07, 6.45) is 1.52. The molecule has 0 saturated heterocycles. The van der Waals surface area contributed by atoms with Crippen molar-refractivity contribution in [1.29, 1.82) is 0 Å². The molecule has 0 fully saturated rings. The van der Waals surface area contributed by atoms with Crippen LogP contribution < -0.4 is 10.6 Å². The molecule has 3 aromatic rings. The molecule has 0 aliphatic carbocycles. The van der Waals surface area contributed by atoms with Gasteiger partial charge in [-0.1, -0.05) is 59.1 Å². The quantitative estimate of drug-likeness (QED) is 0.650. The number of aromatic nitrogens is 2. The van der Waals surface area contributed by atoms with Crippen LogP contribution in [0.3, 0.4) is 0 Å². The number of carbonyl (C=O) groups is 1. The zero-order valence-electron chi connectivity index (χ0n) is 14.0. The van der Waals surface area contributed by atoms with E-state index in [0.29, 0.717) is 28.2 Å². The molecule has 0 atom stereocenters. The number of carbonyl (C=O) groups excluding carboxylic acids is 1. The zero-order valence-corrected chi connectivity index (χ0v) is 15.5. The van der Waals surface area contributed by atoms with Gasteiger partial charge in [-0.3, -0.25) is 4.79 Å². The van der Waals surface area contributed by atoms with Crippen LogP contribution in [0.4, 0.5) is 11.6 Å². The highest BCUT2D eigenvalue weighted by molar-refractivity contribution is 6.40. The number of anilines is 2. The van der Waals surface area contributed by atoms with Crippen molar-refractivity contribution < 1.29 is 4.79 Å². The standard InChI is InChI=1S/C19H16Cl2N4O/c1-12-4-2-5-13(10-12)11-23-19-22-9-8-16(24-19)18(26)25-17-14(20)6-3-7-15(17)21/h2-10H,11H2,1H3,(H,25,26)(H,22,23,24). The van der Waals surface area contributed by atoms with Crippen LogP contribution in [0.1, 0.15) is 21.6 Å².